The first-order chi connectivity index (χ1) is 14.5. The quantitative estimate of drug-likeness (QED) is 0.570. The van der Waals surface area contributed by atoms with Crippen molar-refractivity contribution < 1.29 is 23.8 Å². The van der Waals surface area contributed by atoms with Crippen molar-refractivity contribution >= 4 is 22.7 Å². The molecular weight excluding hydrogens is 382 g/mol. The van der Waals surface area contributed by atoms with E-state index in [1.54, 1.807) is 18.2 Å². The first kappa shape index (κ1) is 19.8. The summed E-state index contributed by atoms with van der Waals surface area (Å²) in [6, 6.07) is 15.5. The smallest absolute Gasteiger partial charge is 0.290 e. The normalized spacial score (nSPS) is 16.5. The van der Waals surface area contributed by atoms with Crippen molar-refractivity contribution in [2.75, 3.05) is 13.2 Å². The predicted molar refractivity (Wildman–Crippen MR) is 113 cm³/mol. The fraction of sp³-hybridized carbons (Fsp3) is 0.250. The molecule has 154 valence electrons. The molecule has 0 radical (unpaired) electrons. The van der Waals surface area contributed by atoms with E-state index in [-0.39, 0.29) is 11.3 Å². The summed E-state index contributed by atoms with van der Waals surface area (Å²) in [5.74, 6) is -0.845. The lowest BCUT2D eigenvalue weighted by atomic mass is 9.94. The molecule has 0 saturated carbocycles. The highest BCUT2D eigenvalue weighted by atomic mass is 16.5. The van der Waals surface area contributed by atoms with Crippen LogP contribution in [-0.4, -0.2) is 34.8 Å². The van der Waals surface area contributed by atoms with Crippen molar-refractivity contribution in [2.45, 2.75) is 26.3 Å². The molecule has 1 aliphatic heterocycles. The van der Waals surface area contributed by atoms with Gasteiger partial charge in [-0.1, -0.05) is 37.3 Å². The van der Waals surface area contributed by atoms with Crippen LogP contribution in [-0.2, 0) is 4.79 Å². The van der Waals surface area contributed by atoms with E-state index < -0.39 is 23.5 Å². The van der Waals surface area contributed by atoms with Crippen LogP contribution in [0.3, 0.4) is 0 Å². The molecule has 1 atom stereocenters. The Hall–Kier alpha value is -3.54. The second kappa shape index (κ2) is 8.06. The molecule has 6 nitrogen and oxygen atoms in total. The molecule has 2 aromatic carbocycles. The third-order valence-corrected chi connectivity index (χ3v) is 5.15. The largest absolute Gasteiger partial charge is 0.503 e. The number of hydrogen-bond donors (Lipinski definition) is 1. The van der Waals surface area contributed by atoms with E-state index in [1.807, 2.05) is 50.2 Å². The van der Waals surface area contributed by atoms with E-state index in [4.69, 9.17) is 9.15 Å². The molecule has 1 N–H and O–H groups in total. The average Bonchev–Trinajstić information content (AvgIpc) is 3.29. The molecule has 0 bridgehead atoms. The molecule has 1 aromatic heterocycles. The maximum Gasteiger partial charge on any atom is 0.290 e. The number of ether oxygens (including phenoxy) is 1. The summed E-state index contributed by atoms with van der Waals surface area (Å²) in [5, 5.41) is 11.4. The van der Waals surface area contributed by atoms with Crippen LogP contribution in [0.1, 0.15) is 42.4 Å². The molecule has 0 fully saturated rings. The molecule has 4 rings (SSSR count). The number of rotatable bonds is 7. The maximum absolute atomic E-state index is 13.4. The summed E-state index contributed by atoms with van der Waals surface area (Å²) >= 11 is 0. The fourth-order valence-corrected chi connectivity index (χ4v) is 3.87. The number of para-hydroxylation sites is 1. The van der Waals surface area contributed by atoms with E-state index in [0.29, 0.717) is 36.5 Å². The minimum atomic E-state index is -0.710. The molecule has 30 heavy (non-hydrogen) atoms. The zero-order valence-corrected chi connectivity index (χ0v) is 16.9. The number of carbonyl (C=O) groups is 2. The minimum absolute atomic E-state index is 0.0288. The number of nitrogens with zero attached hydrogens (tertiary/aromatic N) is 1. The molecule has 2 heterocycles. The number of aliphatic hydroxyl groups excluding tert-OH is 1. The van der Waals surface area contributed by atoms with E-state index in [0.717, 1.165) is 5.39 Å². The van der Waals surface area contributed by atoms with Gasteiger partial charge in [0.25, 0.3) is 5.91 Å². The highest BCUT2D eigenvalue weighted by molar-refractivity contribution is 6.16. The third kappa shape index (κ3) is 3.34. The van der Waals surface area contributed by atoms with Gasteiger partial charge in [-0.25, -0.2) is 0 Å². The molecule has 0 aliphatic carbocycles. The monoisotopic (exact) mass is 405 g/mol. The second-order valence-corrected chi connectivity index (χ2v) is 7.15. The van der Waals surface area contributed by atoms with Gasteiger partial charge in [-0.3, -0.25) is 9.59 Å². The molecule has 0 spiro atoms. The summed E-state index contributed by atoms with van der Waals surface area (Å²) in [7, 11) is 0. The summed E-state index contributed by atoms with van der Waals surface area (Å²) in [6.45, 7) is 4.73. The molecule has 1 amide bonds. The van der Waals surface area contributed by atoms with Crippen LogP contribution in [0.25, 0.3) is 11.0 Å². The van der Waals surface area contributed by atoms with E-state index in [1.165, 1.54) is 4.90 Å². The number of aliphatic hydroxyl groups is 1. The Kier molecular flexibility index (Phi) is 5.31. The Morgan fingerprint density at radius 3 is 2.67 bits per heavy atom. The zero-order valence-electron chi connectivity index (χ0n) is 16.9. The SMILES string of the molecule is CCCN1C(=O)C(O)=C(C(=O)c2cc3ccccc3o2)C1c1cccc(OCC)c1. The molecule has 1 aliphatic rings. The van der Waals surface area contributed by atoms with Gasteiger partial charge in [-0.2, -0.15) is 0 Å². The Balaban J connectivity index is 1.81. The molecule has 3 aromatic rings. The van der Waals surface area contributed by atoms with Crippen molar-refractivity contribution in [3.63, 3.8) is 0 Å². The first-order valence-corrected chi connectivity index (χ1v) is 10.0. The lowest BCUT2D eigenvalue weighted by molar-refractivity contribution is -0.129. The standard InChI is InChI=1S/C24H23NO5/c1-3-12-25-21(16-9-7-10-17(13-16)29-4-2)20(23(27)24(25)28)22(26)19-14-15-8-5-6-11-18(15)30-19/h5-11,13-14,21,27H,3-4,12H2,1-2H3. The number of fused-ring (bicyclic) bond motifs is 1. The lowest BCUT2D eigenvalue weighted by Crippen LogP contribution is -2.31. The van der Waals surface area contributed by atoms with Crippen molar-refractivity contribution in [1.82, 2.24) is 4.90 Å². The van der Waals surface area contributed by atoms with Crippen LogP contribution < -0.4 is 4.74 Å². The molecule has 1 unspecified atom stereocenters. The molecular formula is C24H23NO5. The van der Waals surface area contributed by atoms with Gasteiger partial charge in [-0.15, -0.1) is 0 Å². The Morgan fingerprint density at radius 2 is 1.93 bits per heavy atom. The average molecular weight is 405 g/mol. The lowest BCUT2D eigenvalue weighted by Gasteiger charge is -2.26. The van der Waals surface area contributed by atoms with Gasteiger partial charge < -0.3 is 19.2 Å². The Labute approximate surface area is 174 Å². The van der Waals surface area contributed by atoms with Gasteiger partial charge in [-0.05, 0) is 43.2 Å². The Bertz CT molecular complexity index is 1110. The van der Waals surface area contributed by atoms with Gasteiger partial charge in [0.15, 0.2) is 11.5 Å². The number of amides is 1. The van der Waals surface area contributed by atoms with Gasteiger partial charge >= 0.3 is 0 Å². The molecule has 6 heteroatoms. The minimum Gasteiger partial charge on any atom is -0.503 e. The van der Waals surface area contributed by atoms with Crippen LogP contribution in [0, 0.1) is 0 Å². The second-order valence-electron chi connectivity index (χ2n) is 7.15. The van der Waals surface area contributed by atoms with Crippen LogP contribution in [0.5, 0.6) is 5.75 Å². The van der Waals surface area contributed by atoms with Crippen molar-refractivity contribution in [3.8, 4) is 5.75 Å². The van der Waals surface area contributed by atoms with E-state index >= 15 is 0 Å². The van der Waals surface area contributed by atoms with Gasteiger partial charge in [0.1, 0.15) is 11.3 Å². The number of carbonyl (C=O) groups excluding carboxylic acids is 2. The van der Waals surface area contributed by atoms with Crippen molar-refractivity contribution in [2.24, 2.45) is 0 Å². The van der Waals surface area contributed by atoms with Crippen LogP contribution in [0.4, 0.5) is 0 Å². The van der Waals surface area contributed by atoms with Crippen LogP contribution >= 0.6 is 0 Å². The van der Waals surface area contributed by atoms with Crippen LogP contribution in [0.15, 0.2) is 70.3 Å². The van der Waals surface area contributed by atoms with Gasteiger partial charge in [0.05, 0.1) is 18.2 Å². The Morgan fingerprint density at radius 1 is 1.13 bits per heavy atom. The maximum atomic E-state index is 13.4. The highest BCUT2D eigenvalue weighted by Crippen LogP contribution is 2.40. The number of furan rings is 1. The number of Topliss-reactive ketones (excluding diaryl/α,β-unsaturated/α-hetero) is 1. The van der Waals surface area contributed by atoms with E-state index in [9.17, 15) is 14.7 Å². The van der Waals surface area contributed by atoms with Gasteiger partial charge in [0, 0.05) is 11.9 Å². The summed E-state index contributed by atoms with van der Waals surface area (Å²) in [4.78, 5) is 27.7. The summed E-state index contributed by atoms with van der Waals surface area (Å²) < 4.78 is 11.3. The molecule has 0 saturated heterocycles. The summed E-state index contributed by atoms with van der Waals surface area (Å²) in [5.41, 5.74) is 1.30. The first-order valence-electron chi connectivity index (χ1n) is 10.0. The van der Waals surface area contributed by atoms with Crippen LogP contribution in [0.2, 0.25) is 0 Å². The van der Waals surface area contributed by atoms with Crippen molar-refractivity contribution in [3.05, 3.63) is 77.3 Å². The van der Waals surface area contributed by atoms with E-state index in [2.05, 4.69) is 0 Å². The summed E-state index contributed by atoms with van der Waals surface area (Å²) in [6.07, 6.45) is 0.687. The zero-order chi connectivity index (χ0) is 21.3. The van der Waals surface area contributed by atoms with Gasteiger partial charge in [0.2, 0.25) is 5.78 Å². The number of hydrogen-bond acceptors (Lipinski definition) is 5. The highest BCUT2D eigenvalue weighted by Gasteiger charge is 2.44. The number of benzene rings is 2. The topological polar surface area (TPSA) is 80.0 Å². The predicted octanol–water partition coefficient (Wildman–Crippen LogP) is 4.82. The fourth-order valence-electron chi connectivity index (χ4n) is 3.87. The number of ketones is 1. The van der Waals surface area contributed by atoms with Crippen molar-refractivity contribution in [1.29, 1.82) is 0 Å². The third-order valence-electron chi connectivity index (χ3n) is 5.15.